The number of nitrogens with zero attached hydrogens (tertiary/aromatic N) is 1. The van der Waals surface area contributed by atoms with Crippen LogP contribution in [0.15, 0.2) is 4.99 Å². The molecule has 0 unspecified atom stereocenters. The lowest BCUT2D eigenvalue weighted by Gasteiger charge is -2.02. The van der Waals surface area contributed by atoms with Crippen molar-refractivity contribution in [2.24, 2.45) is 10.7 Å². The molecule has 64 valence electrons. The first-order chi connectivity index (χ1) is 5.31. The monoisotopic (exact) mass is 160 g/mol. The molecule has 11 heavy (non-hydrogen) atoms. The fraction of sp³-hybridized carbons (Fsp3) is 0.600. The Kier molecular flexibility index (Phi) is 6.01. The first-order valence-electron chi connectivity index (χ1n) is 3.12. The quantitative estimate of drug-likeness (QED) is 0.275. The second kappa shape index (κ2) is 6.81. The average Bonchev–Trinajstić information content (AvgIpc) is 2.01. The van der Waals surface area contributed by atoms with E-state index < -0.39 is 6.09 Å². The Morgan fingerprint density at radius 3 is 3.09 bits per heavy atom. The van der Waals surface area contributed by atoms with Crippen molar-refractivity contribution in [1.82, 2.24) is 10.8 Å². The molecule has 0 bridgehead atoms. The Bertz CT molecular complexity index is 136. The molecule has 0 aliphatic heterocycles. The van der Waals surface area contributed by atoms with E-state index >= 15 is 0 Å². The van der Waals surface area contributed by atoms with Gasteiger partial charge in [-0.1, -0.05) is 0 Å². The van der Waals surface area contributed by atoms with Crippen molar-refractivity contribution in [3.63, 3.8) is 0 Å². The number of amides is 1. The predicted molar refractivity (Wildman–Crippen MR) is 41.1 cm³/mol. The SMILES string of the molecule is CN=CNOC(=O)NCCN. The van der Waals surface area contributed by atoms with E-state index in [-0.39, 0.29) is 0 Å². The summed E-state index contributed by atoms with van der Waals surface area (Å²) in [6, 6.07) is 0. The van der Waals surface area contributed by atoms with Crippen LogP contribution in [-0.2, 0) is 4.84 Å². The van der Waals surface area contributed by atoms with Crippen LogP contribution in [0.25, 0.3) is 0 Å². The zero-order chi connectivity index (χ0) is 8.53. The molecular weight excluding hydrogens is 148 g/mol. The molecule has 0 aromatic carbocycles. The van der Waals surface area contributed by atoms with E-state index in [1.54, 1.807) is 7.05 Å². The largest absolute Gasteiger partial charge is 0.431 e. The zero-order valence-corrected chi connectivity index (χ0v) is 6.33. The minimum Gasteiger partial charge on any atom is -0.329 e. The van der Waals surface area contributed by atoms with Gasteiger partial charge in [0.25, 0.3) is 0 Å². The highest BCUT2D eigenvalue weighted by molar-refractivity contribution is 5.68. The van der Waals surface area contributed by atoms with Crippen molar-refractivity contribution < 1.29 is 9.63 Å². The van der Waals surface area contributed by atoms with Gasteiger partial charge in [0.05, 0.1) is 0 Å². The Morgan fingerprint density at radius 2 is 2.55 bits per heavy atom. The molecular formula is C5H12N4O2. The Hall–Kier alpha value is -1.30. The average molecular weight is 160 g/mol. The van der Waals surface area contributed by atoms with Gasteiger partial charge in [0.2, 0.25) is 0 Å². The van der Waals surface area contributed by atoms with Crippen molar-refractivity contribution >= 4 is 12.4 Å². The molecule has 0 aromatic heterocycles. The van der Waals surface area contributed by atoms with Crippen LogP contribution in [0, 0.1) is 0 Å². The second-order valence-electron chi connectivity index (χ2n) is 1.61. The number of hydroxylamine groups is 1. The molecule has 0 aromatic rings. The van der Waals surface area contributed by atoms with Crippen LogP contribution in [0.2, 0.25) is 0 Å². The zero-order valence-electron chi connectivity index (χ0n) is 6.33. The van der Waals surface area contributed by atoms with Crippen LogP contribution in [0.1, 0.15) is 0 Å². The van der Waals surface area contributed by atoms with Crippen molar-refractivity contribution in [1.29, 1.82) is 0 Å². The van der Waals surface area contributed by atoms with Gasteiger partial charge in [0.1, 0.15) is 6.34 Å². The topological polar surface area (TPSA) is 88.7 Å². The predicted octanol–water partition coefficient (Wildman–Crippen LogP) is -1.17. The molecule has 0 rings (SSSR count). The Labute approximate surface area is 64.8 Å². The van der Waals surface area contributed by atoms with Gasteiger partial charge < -0.3 is 15.9 Å². The maximum atomic E-state index is 10.6. The molecule has 0 spiro atoms. The van der Waals surface area contributed by atoms with Crippen LogP contribution < -0.4 is 16.5 Å². The van der Waals surface area contributed by atoms with Gasteiger partial charge in [-0.25, -0.2) is 10.3 Å². The molecule has 0 saturated heterocycles. The van der Waals surface area contributed by atoms with Gasteiger partial charge in [-0.15, -0.1) is 0 Å². The summed E-state index contributed by atoms with van der Waals surface area (Å²) >= 11 is 0. The molecule has 0 atom stereocenters. The molecule has 0 saturated carbocycles. The highest BCUT2D eigenvalue weighted by Gasteiger charge is 1.96. The first-order valence-corrected chi connectivity index (χ1v) is 3.12. The van der Waals surface area contributed by atoms with E-state index in [0.717, 1.165) is 0 Å². The summed E-state index contributed by atoms with van der Waals surface area (Å²) in [5.74, 6) is 0. The summed E-state index contributed by atoms with van der Waals surface area (Å²) in [6.07, 6.45) is 0.678. The van der Waals surface area contributed by atoms with Crippen molar-refractivity contribution in [2.75, 3.05) is 20.1 Å². The summed E-state index contributed by atoms with van der Waals surface area (Å²) in [5.41, 5.74) is 7.31. The Morgan fingerprint density at radius 1 is 1.82 bits per heavy atom. The molecule has 6 nitrogen and oxygen atoms in total. The van der Waals surface area contributed by atoms with Gasteiger partial charge in [-0.2, -0.15) is 0 Å². The molecule has 0 fully saturated rings. The van der Waals surface area contributed by atoms with E-state index in [1.807, 2.05) is 0 Å². The van der Waals surface area contributed by atoms with Crippen molar-refractivity contribution in [3.05, 3.63) is 0 Å². The number of carbonyl (C=O) groups is 1. The van der Waals surface area contributed by atoms with E-state index in [9.17, 15) is 4.79 Å². The van der Waals surface area contributed by atoms with Crippen LogP contribution >= 0.6 is 0 Å². The van der Waals surface area contributed by atoms with Gasteiger partial charge in [0, 0.05) is 20.1 Å². The van der Waals surface area contributed by atoms with Crippen LogP contribution in [-0.4, -0.2) is 32.6 Å². The third-order valence-electron chi connectivity index (χ3n) is 0.747. The van der Waals surface area contributed by atoms with Crippen LogP contribution in [0.5, 0.6) is 0 Å². The number of rotatable bonds is 4. The van der Waals surface area contributed by atoms with Crippen molar-refractivity contribution in [3.8, 4) is 0 Å². The third-order valence-corrected chi connectivity index (χ3v) is 0.747. The summed E-state index contributed by atoms with van der Waals surface area (Å²) in [5, 5.41) is 2.38. The first kappa shape index (κ1) is 9.70. The van der Waals surface area contributed by atoms with Gasteiger partial charge in [0.15, 0.2) is 0 Å². The molecule has 0 heterocycles. The summed E-state index contributed by atoms with van der Waals surface area (Å²) in [4.78, 5) is 18.5. The van der Waals surface area contributed by atoms with E-state index in [2.05, 4.69) is 20.6 Å². The fourth-order valence-electron chi connectivity index (χ4n) is 0.343. The number of hydrogen-bond donors (Lipinski definition) is 3. The lowest BCUT2D eigenvalue weighted by molar-refractivity contribution is 0.122. The minimum absolute atomic E-state index is 0.386. The summed E-state index contributed by atoms with van der Waals surface area (Å²) < 4.78 is 0. The molecule has 0 aliphatic rings. The lowest BCUT2D eigenvalue weighted by Crippen LogP contribution is -2.33. The normalized spacial score (nSPS) is 9.64. The highest BCUT2D eigenvalue weighted by atomic mass is 16.7. The van der Waals surface area contributed by atoms with Crippen molar-refractivity contribution in [2.45, 2.75) is 0 Å². The molecule has 0 aliphatic carbocycles. The minimum atomic E-state index is -0.574. The van der Waals surface area contributed by atoms with Crippen LogP contribution in [0.4, 0.5) is 4.79 Å². The van der Waals surface area contributed by atoms with Gasteiger partial charge >= 0.3 is 6.09 Å². The number of aliphatic imine (C=N–C) groups is 1. The maximum absolute atomic E-state index is 10.6. The number of nitrogens with two attached hydrogens (primary N) is 1. The Balaban J connectivity index is 3.22. The number of hydrogen-bond acceptors (Lipinski definition) is 4. The van der Waals surface area contributed by atoms with Gasteiger partial charge in [-0.05, 0) is 0 Å². The van der Waals surface area contributed by atoms with E-state index in [4.69, 9.17) is 5.73 Å². The smallest absolute Gasteiger partial charge is 0.329 e. The molecule has 6 heteroatoms. The lowest BCUT2D eigenvalue weighted by atomic mass is 10.7. The summed E-state index contributed by atoms with van der Waals surface area (Å²) in [7, 11) is 1.55. The fourth-order valence-corrected chi connectivity index (χ4v) is 0.343. The molecule has 4 N–H and O–H groups in total. The summed E-state index contributed by atoms with van der Waals surface area (Å²) in [6.45, 7) is 0.779. The third kappa shape index (κ3) is 6.59. The molecule has 0 radical (unpaired) electrons. The maximum Gasteiger partial charge on any atom is 0.431 e. The van der Waals surface area contributed by atoms with Crippen LogP contribution in [0.3, 0.4) is 0 Å². The number of carbonyl (C=O) groups excluding carboxylic acids is 1. The molecule has 1 amide bonds. The standard InChI is InChI=1S/C5H12N4O2/c1-7-4-9-11-5(10)8-3-2-6/h4H,2-3,6H2,1H3,(H,7,9)(H,8,10). The van der Waals surface area contributed by atoms with Gasteiger partial charge in [-0.3, -0.25) is 4.99 Å². The van der Waals surface area contributed by atoms with E-state index in [1.165, 1.54) is 6.34 Å². The van der Waals surface area contributed by atoms with E-state index in [0.29, 0.717) is 13.1 Å². The second-order valence-corrected chi connectivity index (χ2v) is 1.61. The number of nitrogens with one attached hydrogen (secondary N) is 2. The highest BCUT2D eigenvalue weighted by Crippen LogP contribution is 1.67.